The molecule has 2 atom stereocenters. The lowest BCUT2D eigenvalue weighted by molar-refractivity contribution is -0.212. The molecule has 27 heavy (non-hydrogen) atoms. The van der Waals surface area contributed by atoms with Gasteiger partial charge in [-0.15, -0.1) is 0 Å². The zero-order chi connectivity index (χ0) is 20.3. The number of hydrogen-bond acceptors (Lipinski definition) is 3. The van der Waals surface area contributed by atoms with Gasteiger partial charge in [-0.1, -0.05) is 67.2 Å². The van der Waals surface area contributed by atoms with Crippen LogP contribution in [0.4, 0.5) is 0 Å². The van der Waals surface area contributed by atoms with E-state index in [1.807, 2.05) is 0 Å². The Kier molecular flexibility index (Phi) is 7.44. The van der Waals surface area contributed by atoms with Crippen molar-refractivity contribution < 1.29 is 14.3 Å². The third-order valence-corrected chi connectivity index (χ3v) is 7.28. The third-order valence-electron chi connectivity index (χ3n) is 7.28. The highest BCUT2D eigenvalue weighted by Crippen LogP contribution is 2.46. The summed E-state index contributed by atoms with van der Waals surface area (Å²) >= 11 is 0. The van der Waals surface area contributed by atoms with Gasteiger partial charge in [-0.2, -0.15) is 0 Å². The van der Waals surface area contributed by atoms with Crippen molar-refractivity contribution in [1.82, 2.24) is 0 Å². The first-order chi connectivity index (χ1) is 12.5. The zero-order valence-electron chi connectivity index (χ0n) is 19.0. The Morgan fingerprint density at radius 1 is 1.04 bits per heavy atom. The molecule has 3 nitrogen and oxygen atoms in total. The lowest BCUT2D eigenvalue weighted by atomic mass is 9.64. The van der Waals surface area contributed by atoms with E-state index in [9.17, 15) is 4.79 Å². The monoisotopic (exact) mass is 380 g/mol. The van der Waals surface area contributed by atoms with Gasteiger partial charge in [0.2, 0.25) is 6.29 Å². The summed E-state index contributed by atoms with van der Waals surface area (Å²) in [6.45, 7) is 15.3. The summed E-state index contributed by atoms with van der Waals surface area (Å²) in [6, 6.07) is 0. The molecule has 0 aromatic heterocycles. The van der Waals surface area contributed by atoms with Crippen LogP contribution in [0, 0.1) is 22.2 Å². The predicted molar refractivity (Wildman–Crippen MR) is 111 cm³/mol. The number of ether oxygens (including phenoxy) is 2. The molecule has 0 radical (unpaired) electrons. The van der Waals surface area contributed by atoms with Crippen molar-refractivity contribution in [3.8, 4) is 0 Å². The highest BCUT2D eigenvalue weighted by atomic mass is 16.7. The lowest BCUT2D eigenvalue weighted by Crippen LogP contribution is -2.45. The van der Waals surface area contributed by atoms with Crippen LogP contribution >= 0.6 is 0 Å². The van der Waals surface area contributed by atoms with Crippen molar-refractivity contribution in [3.63, 3.8) is 0 Å². The lowest BCUT2D eigenvalue weighted by Gasteiger charge is -2.42. The predicted octanol–water partition coefficient (Wildman–Crippen LogP) is 6.88. The van der Waals surface area contributed by atoms with Gasteiger partial charge in [0.1, 0.15) is 0 Å². The zero-order valence-corrected chi connectivity index (χ0v) is 19.0. The van der Waals surface area contributed by atoms with Crippen LogP contribution in [0.1, 0.15) is 113 Å². The molecule has 3 heteroatoms. The Bertz CT molecular complexity index is 478. The van der Waals surface area contributed by atoms with E-state index in [2.05, 4.69) is 48.5 Å². The maximum atomic E-state index is 13.4. The van der Waals surface area contributed by atoms with E-state index in [4.69, 9.17) is 9.47 Å². The maximum Gasteiger partial charge on any atom is 0.314 e. The summed E-state index contributed by atoms with van der Waals surface area (Å²) in [5, 5.41) is 0. The molecule has 0 spiro atoms. The summed E-state index contributed by atoms with van der Waals surface area (Å²) in [5.74, 6) is 0.372. The summed E-state index contributed by atoms with van der Waals surface area (Å²) in [4.78, 5) is 13.4. The molecule has 2 unspecified atom stereocenters. The molecule has 158 valence electrons. The minimum Gasteiger partial charge on any atom is -0.435 e. The second-order valence-corrected chi connectivity index (χ2v) is 11.3. The van der Waals surface area contributed by atoms with Gasteiger partial charge in [-0.25, -0.2) is 0 Å². The Morgan fingerprint density at radius 2 is 1.59 bits per heavy atom. The molecule has 2 saturated carbocycles. The highest BCUT2D eigenvalue weighted by molar-refractivity contribution is 5.77. The average molecular weight is 381 g/mol. The van der Waals surface area contributed by atoms with Gasteiger partial charge in [0.15, 0.2) is 0 Å². The van der Waals surface area contributed by atoms with Crippen LogP contribution in [0.5, 0.6) is 0 Å². The SMILES string of the molecule is CC(C)CC(C)(C(=O)OC(CC1(C)CCCC1)OC1CCCC1)C(C)(C)C. The van der Waals surface area contributed by atoms with Crippen molar-refractivity contribution in [1.29, 1.82) is 0 Å². The van der Waals surface area contributed by atoms with Crippen molar-refractivity contribution in [2.75, 3.05) is 0 Å². The summed E-state index contributed by atoms with van der Waals surface area (Å²) < 4.78 is 12.5. The van der Waals surface area contributed by atoms with Crippen LogP contribution < -0.4 is 0 Å². The first kappa shape index (κ1) is 22.7. The molecule has 0 aromatic rings. The Morgan fingerprint density at radius 3 is 2.07 bits per heavy atom. The largest absolute Gasteiger partial charge is 0.435 e. The van der Waals surface area contributed by atoms with Gasteiger partial charge in [0, 0.05) is 6.42 Å². The average Bonchev–Trinajstić information content (AvgIpc) is 3.17. The Balaban J connectivity index is 2.14. The fourth-order valence-electron chi connectivity index (χ4n) is 4.95. The highest BCUT2D eigenvalue weighted by Gasteiger charge is 2.47. The number of esters is 1. The van der Waals surface area contributed by atoms with Crippen molar-refractivity contribution in [2.24, 2.45) is 22.2 Å². The Hall–Kier alpha value is -0.570. The van der Waals surface area contributed by atoms with Gasteiger partial charge >= 0.3 is 5.97 Å². The van der Waals surface area contributed by atoms with Gasteiger partial charge in [-0.3, -0.25) is 4.79 Å². The minimum atomic E-state index is -0.505. The molecular formula is C24H44O3. The molecule has 0 bridgehead atoms. The van der Waals surface area contributed by atoms with E-state index in [1.54, 1.807) is 0 Å². The molecule has 0 saturated heterocycles. The van der Waals surface area contributed by atoms with Gasteiger partial charge in [0.05, 0.1) is 11.5 Å². The van der Waals surface area contributed by atoms with E-state index < -0.39 is 11.7 Å². The normalized spacial score (nSPS) is 24.1. The molecule has 0 amide bonds. The smallest absolute Gasteiger partial charge is 0.314 e. The number of rotatable bonds is 8. The molecular weight excluding hydrogens is 336 g/mol. The number of hydrogen-bond donors (Lipinski definition) is 0. The second-order valence-electron chi connectivity index (χ2n) is 11.3. The van der Waals surface area contributed by atoms with Crippen LogP contribution in [0.2, 0.25) is 0 Å². The molecule has 0 N–H and O–H groups in total. The van der Waals surface area contributed by atoms with E-state index in [0.29, 0.717) is 5.92 Å². The van der Waals surface area contributed by atoms with Gasteiger partial charge in [-0.05, 0) is 55.8 Å². The van der Waals surface area contributed by atoms with E-state index >= 15 is 0 Å². The third kappa shape index (κ3) is 5.95. The summed E-state index contributed by atoms with van der Waals surface area (Å²) in [7, 11) is 0. The van der Waals surface area contributed by atoms with Crippen molar-refractivity contribution >= 4 is 5.97 Å². The van der Waals surface area contributed by atoms with Gasteiger partial charge < -0.3 is 9.47 Å². The van der Waals surface area contributed by atoms with E-state index in [-0.39, 0.29) is 22.9 Å². The second kappa shape index (κ2) is 8.84. The molecule has 0 aromatic carbocycles. The van der Waals surface area contributed by atoms with Gasteiger partial charge in [0.25, 0.3) is 0 Å². The molecule has 2 rings (SSSR count). The van der Waals surface area contributed by atoms with E-state index in [1.165, 1.54) is 38.5 Å². The quantitative estimate of drug-likeness (QED) is 0.340. The fraction of sp³-hybridized carbons (Fsp3) is 0.958. The maximum absolute atomic E-state index is 13.4. The topological polar surface area (TPSA) is 35.5 Å². The van der Waals surface area contributed by atoms with Crippen LogP contribution in [-0.2, 0) is 14.3 Å². The first-order valence-corrected chi connectivity index (χ1v) is 11.3. The minimum absolute atomic E-state index is 0.0757. The molecule has 2 aliphatic rings. The van der Waals surface area contributed by atoms with Crippen molar-refractivity contribution in [3.05, 3.63) is 0 Å². The van der Waals surface area contributed by atoms with Crippen LogP contribution in [0.25, 0.3) is 0 Å². The fourth-order valence-corrected chi connectivity index (χ4v) is 4.95. The van der Waals surface area contributed by atoms with Crippen molar-refractivity contribution in [2.45, 2.75) is 125 Å². The standard InChI is InChI=1S/C24H44O3/c1-18(2)16-24(7,22(3,4)5)21(25)27-20(26-19-12-8-9-13-19)17-23(6)14-10-11-15-23/h18-20H,8-17H2,1-7H3. The Labute approximate surface area is 168 Å². The van der Waals surface area contributed by atoms with Crippen LogP contribution in [0.15, 0.2) is 0 Å². The van der Waals surface area contributed by atoms with Crippen LogP contribution in [0.3, 0.4) is 0 Å². The number of carbonyl (C=O) groups excluding carboxylic acids is 1. The molecule has 0 aliphatic heterocycles. The van der Waals surface area contributed by atoms with Crippen LogP contribution in [-0.4, -0.2) is 18.4 Å². The number of carbonyl (C=O) groups is 1. The molecule has 0 heterocycles. The summed E-state index contributed by atoms with van der Waals surface area (Å²) in [5.41, 5.74) is -0.404. The summed E-state index contributed by atoms with van der Waals surface area (Å²) in [6.07, 6.45) is 11.2. The first-order valence-electron chi connectivity index (χ1n) is 11.3. The van der Waals surface area contributed by atoms with E-state index in [0.717, 1.165) is 25.7 Å². The molecule has 2 aliphatic carbocycles. The molecule has 2 fully saturated rings.